The molecule has 30 heavy (non-hydrogen) atoms. The lowest BCUT2D eigenvalue weighted by atomic mass is 10.1. The van der Waals surface area contributed by atoms with Crippen LogP contribution >= 0.6 is 51.5 Å². The summed E-state index contributed by atoms with van der Waals surface area (Å²) >= 11 is 15.7. The maximum Gasteiger partial charge on any atom is 0.175 e. The summed E-state index contributed by atoms with van der Waals surface area (Å²) in [4.78, 5) is 0. The first kappa shape index (κ1) is 27.4. The fourth-order valence-electron chi connectivity index (χ4n) is 3.06. The first-order chi connectivity index (χ1) is 14.0. The van der Waals surface area contributed by atoms with E-state index in [0.717, 1.165) is 28.7 Å². The molecule has 1 N–H and O–H groups in total. The van der Waals surface area contributed by atoms with E-state index in [4.69, 9.17) is 32.7 Å². The molecule has 0 bridgehead atoms. The molecule has 0 saturated heterocycles. The fourth-order valence-corrected chi connectivity index (χ4v) is 3.99. The van der Waals surface area contributed by atoms with Gasteiger partial charge < -0.3 is 14.8 Å². The SMILES string of the molecule is CCCCCCCCNCc1cc(Br)c(OCc2ccc(Cl)c(Cl)c2)c(OC)c1.Cl. The number of nitrogens with one attached hydrogen (secondary N) is 1. The second-order valence-electron chi connectivity index (χ2n) is 7.09. The van der Waals surface area contributed by atoms with E-state index < -0.39 is 0 Å². The maximum atomic E-state index is 6.08. The molecule has 0 aliphatic heterocycles. The Morgan fingerprint density at radius 2 is 1.67 bits per heavy atom. The molecule has 0 radical (unpaired) electrons. The molecule has 2 aromatic rings. The van der Waals surface area contributed by atoms with Gasteiger partial charge in [-0.2, -0.15) is 0 Å². The molecule has 0 aliphatic carbocycles. The lowest BCUT2D eigenvalue weighted by Gasteiger charge is -2.15. The van der Waals surface area contributed by atoms with Crippen molar-refractivity contribution in [2.75, 3.05) is 13.7 Å². The van der Waals surface area contributed by atoms with Gasteiger partial charge in [0.2, 0.25) is 0 Å². The lowest BCUT2D eigenvalue weighted by Crippen LogP contribution is -2.14. The maximum absolute atomic E-state index is 6.08. The van der Waals surface area contributed by atoms with Crippen LogP contribution in [-0.4, -0.2) is 13.7 Å². The van der Waals surface area contributed by atoms with E-state index in [-0.39, 0.29) is 12.4 Å². The van der Waals surface area contributed by atoms with Crippen molar-refractivity contribution in [2.24, 2.45) is 0 Å². The van der Waals surface area contributed by atoms with Gasteiger partial charge in [-0.1, -0.05) is 68.3 Å². The van der Waals surface area contributed by atoms with E-state index in [1.165, 1.54) is 38.5 Å². The van der Waals surface area contributed by atoms with Gasteiger partial charge in [0.25, 0.3) is 0 Å². The highest BCUT2D eigenvalue weighted by molar-refractivity contribution is 9.10. The predicted molar refractivity (Wildman–Crippen MR) is 134 cm³/mol. The first-order valence-electron chi connectivity index (χ1n) is 10.2. The van der Waals surface area contributed by atoms with E-state index in [2.05, 4.69) is 34.2 Å². The molecule has 0 amide bonds. The molecule has 0 fully saturated rings. The molecule has 2 aromatic carbocycles. The third-order valence-corrected chi connectivity index (χ3v) is 6.02. The normalized spacial score (nSPS) is 10.6. The van der Waals surface area contributed by atoms with Gasteiger partial charge in [0, 0.05) is 6.54 Å². The summed E-state index contributed by atoms with van der Waals surface area (Å²) in [7, 11) is 1.65. The number of unbranched alkanes of at least 4 members (excludes halogenated alkanes) is 5. The number of hydrogen-bond donors (Lipinski definition) is 1. The lowest BCUT2D eigenvalue weighted by molar-refractivity contribution is 0.282. The molecule has 0 aliphatic rings. The van der Waals surface area contributed by atoms with E-state index >= 15 is 0 Å². The van der Waals surface area contributed by atoms with E-state index in [0.29, 0.717) is 28.2 Å². The number of halogens is 4. The second kappa shape index (κ2) is 15.2. The molecule has 0 aromatic heterocycles. The molecular formula is C23H31BrCl3NO2. The minimum absolute atomic E-state index is 0. The molecule has 0 heterocycles. The molecule has 2 rings (SSSR count). The van der Waals surface area contributed by atoms with Crippen LogP contribution in [0.15, 0.2) is 34.8 Å². The van der Waals surface area contributed by atoms with Crippen LogP contribution in [0.3, 0.4) is 0 Å². The Bertz CT molecular complexity index is 774. The molecule has 0 spiro atoms. The molecule has 168 valence electrons. The summed E-state index contributed by atoms with van der Waals surface area (Å²) in [5.41, 5.74) is 2.10. The highest BCUT2D eigenvalue weighted by atomic mass is 79.9. The molecule has 7 heteroatoms. The average Bonchev–Trinajstić information content (AvgIpc) is 2.71. The topological polar surface area (TPSA) is 30.5 Å². The van der Waals surface area contributed by atoms with Crippen molar-refractivity contribution in [3.63, 3.8) is 0 Å². The van der Waals surface area contributed by atoms with Crippen molar-refractivity contribution in [3.05, 3.63) is 56.0 Å². The Labute approximate surface area is 205 Å². The van der Waals surface area contributed by atoms with Crippen LogP contribution in [0, 0.1) is 0 Å². The zero-order chi connectivity index (χ0) is 21.1. The molecule has 0 atom stereocenters. The largest absolute Gasteiger partial charge is 0.493 e. The smallest absolute Gasteiger partial charge is 0.175 e. The summed E-state index contributed by atoms with van der Waals surface area (Å²) in [6, 6.07) is 9.57. The number of ether oxygens (including phenoxy) is 2. The van der Waals surface area contributed by atoms with Crippen molar-refractivity contribution in [1.82, 2.24) is 5.32 Å². The Morgan fingerprint density at radius 1 is 0.933 bits per heavy atom. The highest BCUT2D eigenvalue weighted by Crippen LogP contribution is 2.37. The summed E-state index contributed by atoms with van der Waals surface area (Å²) in [5.74, 6) is 1.38. The minimum atomic E-state index is 0. The minimum Gasteiger partial charge on any atom is -0.493 e. The van der Waals surface area contributed by atoms with Gasteiger partial charge in [-0.15, -0.1) is 12.4 Å². The standard InChI is InChI=1S/C23H30BrCl2NO2.ClH/c1-3-4-5-6-7-8-11-27-15-18-12-19(24)23(22(14-18)28-2)29-16-17-9-10-20(25)21(26)13-17;/h9-10,12-14,27H,3-8,11,15-16H2,1-2H3;1H. The van der Waals surface area contributed by atoms with Crippen LogP contribution in [0.4, 0.5) is 0 Å². The Hall–Kier alpha value is -0.650. The second-order valence-corrected chi connectivity index (χ2v) is 8.76. The van der Waals surface area contributed by atoms with E-state index in [9.17, 15) is 0 Å². The van der Waals surface area contributed by atoms with Crippen molar-refractivity contribution >= 4 is 51.5 Å². The zero-order valence-electron chi connectivity index (χ0n) is 17.6. The van der Waals surface area contributed by atoms with E-state index in [1.54, 1.807) is 13.2 Å². The molecule has 0 saturated carbocycles. The molecular weight excluding hydrogens is 509 g/mol. The quantitative estimate of drug-likeness (QED) is 0.260. The van der Waals surface area contributed by atoms with Gasteiger partial charge in [-0.25, -0.2) is 0 Å². The van der Waals surface area contributed by atoms with Crippen LogP contribution in [0.5, 0.6) is 11.5 Å². The van der Waals surface area contributed by atoms with Crippen molar-refractivity contribution in [3.8, 4) is 11.5 Å². The van der Waals surface area contributed by atoms with Gasteiger partial charge in [0.15, 0.2) is 11.5 Å². The van der Waals surface area contributed by atoms with Crippen LogP contribution < -0.4 is 14.8 Å². The third-order valence-electron chi connectivity index (χ3n) is 4.69. The van der Waals surface area contributed by atoms with Crippen LogP contribution in [0.25, 0.3) is 0 Å². The summed E-state index contributed by atoms with van der Waals surface area (Å²) in [6.07, 6.45) is 7.83. The summed E-state index contributed by atoms with van der Waals surface area (Å²) < 4.78 is 12.4. The monoisotopic (exact) mass is 537 g/mol. The molecule has 3 nitrogen and oxygen atoms in total. The van der Waals surface area contributed by atoms with Gasteiger partial charge in [0.05, 0.1) is 21.6 Å². The highest BCUT2D eigenvalue weighted by Gasteiger charge is 2.12. The fraction of sp³-hybridized carbons (Fsp3) is 0.478. The first-order valence-corrected chi connectivity index (χ1v) is 11.7. The average molecular weight is 540 g/mol. The van der Waals surface area contributed by atoms with Crippen molar-refractivity contribution in [2.45, 2.75) is 58.6 Å². The van der Waals surface area contributed by atoms with E-state index in [1.807, 2.05) is 18.2 Å². The van der Waals surface area contributed by atoms with Gasteiger partial charge in [-0.3, -0.25) is 0 Å². The Balaban J connectivity index is 0.00000450. The van der Waals surface area contributed by atoms with Crippen molar-refractivity contribution in [1.29, 1.82) is 0 Å². The van der Waals surface area contributed by atoms with Gasteiger partial charge in [0.1, 0.15) is 6.61 Å². The number of benzene rings is 2. The van der Waals surface area contributed by atoms with Crippen LogP contribution in [0.2, 0.25) is 10.0 Å². The predicted octanol–water partition coefficient (Wildman–Crippen LogP) is 8.22. The van der Waals surface area contributed by atoms with Gasteiger partial charge >= 0.3 is 0 Å². The molecule has 0 unspecified atom stereocenters. The summed E-state index contributed by atoms with van der Waals surface area (Å²) in [5, 5.41) is 4.57. The van der Waals surface area contributed by atoms with Crippen LogP contribution in [-0.2, 0) is 13.2 Å². The van der Waals surface area contributed by atoms with Crippen molar-refractivity contribution < 1.29 is 9.47 Å². The third kappa shape index (κ3) is 9.23. The number of methoxy groups -OCH3 is 1. The zero-order valence-corrected chi connectivity index (χ0v) is 21.5. The Morgan fingerprint density at radius 3 is 2.37 bits per heavy atom. The number of hydrogen-bond acceptors (Lipinski definition) is 3. The van der Waals surface area contributed by atoms with Crippen LogP contribution in [0.1, 0.15) is 56.6 Å². The van der Waals surface area contributed by atoms with Gasteiger partial charge in [-0.05, 0) is 64.3 Å². The summed E-state index contributed by atoms with van der Waals surface area (Å²) in [6.45, 7) is 4.46. The number of rotatable bonds is 13. The Kier molecular flexibility index (Phi) is 13.9.